The van der Waals surface area contributed by atoms with Crippen molar-refractivity contribution in [1.82, 2.24) is 5.16 Å². The van der Waals surface area contributed by atoms with Crippen LogP contribution in [0.2, 0.25) is 0 Å². The van der Waals surface area contributed by atoms with Gasteiger partial charge in [0.2, 0.25) is 5.91 Å². The maximum absolute atomic E-state index is 12.7. The minimum atomic E-state index is -3.82. The highest BCUT2D eigenvalue weighted by atomic mass is 32.2. The second-order valence-electron chi connectivity index (χ2n) is 7.02. The summed E-state index contributed by atoms with van der Waals surface area (Å²) in [6.45, 7) is 4.33. The van der Waals surface area contributed by atoms with Crippen molar-refractivity contribution < 1.29 is 27.2 Å². The summed E-state index contributed by atoms with van der Waals surface area (Å²) in [5.74, 6) is 1.29. The average Bonchev–Trinajstić information content (AvgIpc) is 3.06. The SMILES string of the molecule is Cc1noc(C)c1CC(=O)Nc1ccc(NS(=O)(=O)c2ccc3c(c2)OCCO3)cc1. The third-order valence-corrected chi connectivity index (χ3v) is 6.14. The summed E-state index contributed by atoms with van der Waals surface area (Å²) in [4.78, 5) is 12.3. The predicted molar refractivity (Wildman–Crippen MR) is 113 cm³/mol. The van der Waals surface area contributed by atoms with Crippen molar-refractivity contribution in [3.8, 4) is 11.5 Å². The molecule has 2 heterocycles. The molecule has 0 radical (unpaired) electrons. The zero-order chi connectivity index (χ0) is 22.0. The van der Waals surface area contributed by atoms with Crippen LogP contribution in [0, 0.1) is 13.8 Å². The van der Waals surface area contributed by atoms with E-state index in [1.807, 2.05) is 0 Å². The molecule has 3 aromatic rings. The van der Waals surface area contributed by atoms with E-state index in [1.54, 1.807) is 44.2 Å². The molecule has 0 atom stereocenters. The second-order valence-corrected chi connectivity index (χ2v) is 8.70. The summed E-state index contributed by atoms with van der Waals surface area (Å²) in [5.41, 5.74) is 2.33. The summed E-state index contributed by atoms with van der Waals surface area (Å²) in [5, 5.41) is 6.61. The summed E-state index contributed by atoms with van der Waals surface area (Å²) >= 11 is 0. The van der Waals surface area contributed by atoms with Gasteiger partial charge in [-0.3, -0.25) is 9.52 Å². The first kappa shape index (κ1) is 20.7. The van der Waals surface area contributed by atoms with Crippen molar-refractivity contribution in [2.45, 2.75) is 25.2 Å². The Labute approximate surface area is 179 Å². The Morgan fingerprint density at radius 3 is 2.35 bits per heavy atom. The van der Waals surface area contributed by atoms with Crippen molar-refractivity contribution in [3.63, 3.8) is 0 Å². The molecule has 1 aliphatic heterocycles. The Kier molecular flexibility index (Phi) is 5.55. The Bertz CT molecular complexity index is 1200. The van der Waals surface area contributed by atoms with Crippen molar-refractivity contribution in [2.24, 2.45) is 0 Å². The smallest absolute Gasteiger partial charge is 0.262 e. The van der Waals surface area contributed by atoms with E-state index in [-0.39, 0.29) is 17.2 Å². The van der Waals surface area contributed by atoms with Gasteiger partial charge < -0.3 is 19.3 Å². The zero-order valence-electron chi connectivity index (χ0n) is 17.0. The molecule has 1 aromatic heterocycles. The number of aryl methyl sites for hydroxylation is 2. The first-order valence-corrected chi connectivity index (χ1v) is 11.0. The molecule has 2 N–H and O–H groups in total. The number of benzene rings is 2. The number of fused-ring (bicyclic) bond motifs is 1. The number of hydrogen-bond acceptors (Lipinski definition) is 7. The number of ether oxygens (including phenoxy) is 2. The zero-order valence-corrected chi connectivity index (χ0v) is 17.8. The number of nitrogens with zero attached hydrogens (tertiary/aromatic N) is 1. The van der Waals surface area contributed by atoms with Gasteiger partial charge in [0.05, 0.1) is 17.0 Å². The quantitative estimate of drug-likeness (QED) is 0.601. The number of amides is 1. The van der Waals surface area contributed by atoms with E-state index < -0.39 is 10.0 Å². The Hall–Kier alpha value is -3.53. The lowest BCUT2D eigenvalue weighted by atomic mass is 10.1. The van der Waals surface area contributed by atoms with E-state index in [0.29, 0.717) is 47.5 Å². The van der Waals surface area contributed by atoms with Crippen LogP contribution in [0.25, 0.3) is 0 Å². The van der Waals surface area contributed by atoms with E-state index in [9.17, 15) is 13.2 Å². The number of rotatable bonds is 6. The normalized spacial score (nSPS) is 13.0. The molecular formula is C21H21N3O6S. The van der Waals surface area contributed by atoms with E-state index in [0.717, 1.165) is 5.56 Å². The molecule has 2 aromatic carbocycles. The highest BCUT2D eigenvalue weighted by Gasteiger charge is 2.20. The highest BCUT2D eigenvalue weighted by molar-refractivity contribution is 7.92. The molecule has 10 heteroatoms. The largest absolute Gasteiger partial charge is 0.486 e. The van der Waals surface area contributed by atoms with Crippen molar-refractivity contribution in [3.05, 3.63) is 59.5 Å². The fourth-order valence-electron chi connectivity index (χ4n) is 3.15. The summed E-state index contributed by atoms with van der Waals surface area (Å²) in [6, 6.07) is 10.8. The summed E-state index contributed by atoms with van der Waals surface area (Å²) in [7, 11) is -3.82. The van der Waals surface area contributed by atoms with Crippen LogP contribution in [0.15, 0.2) is 51.9 Å². The molecule has 0 saturated heterocycles. The molecule has 0 spiro atoms. The minimum Gasteiger partial charge on any atom is -0.486 e. The first-order valence-electron chi connectivity index (χ1n) is 9.56. The van der Waals surface area contributed by atoms with Crippen LogP contribution < -0.4 is 19.5 Å². The first-order chi connectivity index (χ1) is 14.8. The van der Waals surface area contributed by atoms with Crippen LogP contribution in [0.3, 0.4) is 0 Å². The van der Waals surface area contributed by atoms with Crippen LogP contribution >= 0.6 is 0 Å². The van der Waals surface area contributed by atoms with Gasteiger partial charge in [-0.05, 0) is 50.2 Å². The Balaban J connectivity index is 1.41. The van der Waals surface area contributed by atoms with Crippen LogP contribution in [0.4, 0.5) is 11.4 Å². The number of carbonyl (C=O) groups is 1. The van der Waals surface area contributed by atoms with Crippen molar-refractivity contribution in [1.29, 1.82) is 0 Å². The maximum atomic E-state index is 12.7. The number of nitrogens with one attached hydrogen (secondary N) is 2. The standard InChI is InChI=1S/C21H21N3O6S/c1-13-18(14(2)30-23-13)12-21(25)22-15-3-5-16(6-4-15)24-31(26,27)17-7-8-19-20(11-17)29-10-9-28-19/h3-8,11,24H,9-10,12H2,1-2H3,(H,22,25). The van der Waals surface area contributed by atoms with Crippen LogP contribution in [0.1, 0.15) is 17.0 Å². The molecule has 4 rings (SSSR count). The molecule has 0 unspecified atom stereocenters. The number of anilines is 2. The van der Waals surface area contributed by atoms with Crippen LogP contribution in [-0.2, 0) is 21.2 Å². The molecule has 0 bridgehead atoms. The molecule has 0 saturated carbocycles. The Morgan fingerprint density at radius 2 is 1.68 bits per heavy atom. The van der Waals surface area contributed by atoms with E-state index in [2.05, 4.69) is 15.2 Å². The maximum Gasteiger partial charge on any atom is 0.262 e. The minimum absolute atomic E-state index is 0.0635. The van der Waals surface area contributed by atoms with Gasteiger partial charge >= 0.3 is 0 Å². The van der Waals surface area contributed by atoms with E-state index in [1.165, 1.54) is 12.1 Å². The van der Waals surface area contributed by atoms with Crippen molar-refractivity contribution >= 4 is 27.3 Å². The summed E-state index contributed by atoms with van der Waals surface area (Å²) < 4.78 is 43.8. The Morgan fingerprint density at radius 1 is 1.00 bits per heavy atom. The third-order valence-electron chi connectivity index (χ3n) is 4.76. The topological polar surface area (TPSA) is 120 Å². The lowest BCUT2D eigenvalue weighted by Gasteiger charge is -2.19. The molecule has 1 aliphatic rings. The van der Waals surface area contributed by atoms with Crippen LogP contribution in [-0.4, -0.2) is 32.7 Å². The van der Waals surface area contributed by atoms with E-state index in [4.69, 9.17) is 14.0 Å². The number of aromatic nitrogens is 1. The van der Waals surface area contributed by atoms with Gasteiger partial charge in [0.1, 0.15) is 19.0 Å². The third kappa shape index (κ3) is 4.64. The average molecular weight is 443 g/mol. The van der Waals surface area contributed by atoms with Crippen molar-refractivity contribution in [2.75, 3.05) is 23.3 Å². The molecule has 9 nitrogen and oxygen atoms in total. The predicted octanol–water partition coefficient (Wildman–Crippen LogP) is 3.04. The van der Waals surface area contributed by atoms with Gasteiger partial charge in [-0.2, -0.15) is 0 Å². The van der Waals surface area contributed by atoms with Gasteiger partial charge in [-0.1, -0.05) is 5.16 Å². The lowest BCUT2D eigenvalue weighted by molar-refractivity contribution is -0.115. The fraction of sp³-hybridized carbons (Fsp3) is 0.238. The molecule has 162 valence electrons. The monoisotopic (exact) mass is 443 g/mol. The van der Waals surface area contributed by atoms with Gasteiger partial charge in [0, 0.05) is 23.0 Å². The molecule has 0 fully saturated rings. The van der Waals surface area contributed by atoms with Gasteiger partial charge in [0.25, 0.3) is 10.0 Å². The molecule has 31 heavy (non-hydrogen) atoms. The van der Waals surface area contributed by atoms with Gasteiger partial charge in [-0.25, -0.2) is 8.42 Å². The molecule has 1 amide bonds. The highest BCUT2D eigenvalue weighted by Crippen LogP contribution is 2.32. The summed E-state index contributed by atoms with van der Waals surface area (Å²) in [6.07, 6.45) is 0.139. The number of sulfonamides is 1. The number of carbonyl (C=O) groups excluding carboxylic acids is 1. The second kappa shape index (κ2) is 8.31. The van der Waals surface area contributed by atoms with Gasteiger partial charge in [0.15, 0.2) is 11.5 Å². The van der Waals surface area contributed by atoms with E-state index >= 15 is 0 Å². The lowest BCUT2D eigenvalue weighted by Crippen LogP contribution is -2.17. The molecular weight excluding hydrogens is 422 g/mol. The van der Waals surface area contributed by atoms with Crippen LogP contribution in [0.5, 0.6) is 11.5 Å². The molecule has 0 aliphatic carbocycles. The number of hydrogen-bond donors (Lipinski definition) is 2. The fourth-order valence-corrected chi connectivity index (χ4v) is 4.22. The van der Waals surface area contributed by atoms with Gasteiger partial charge in [-0.15, -0.1) is 0 Å².